The SMILES string of the molecule is CN(C(N)=O)C1CCS(=O)CC1. The van der Waals surface area contributed by atoms with Crippen molar-refractivity contribution in [1.82, 2.24) is 4.90 Å². The first-order valence-corrected chi connectivity index (χ1v) is 5.47. The molecule has 0 aromatic heterocycles. The fourth-order valence-corrected chi connectivity index (χ4v) is 2.62. The summed E-state index contributed by atoms with van der Waals surface area (Å²) in [6.07, 6.45) is 1.62. The molecule has 70 valence electrons. The van der Waals surface area contributed by atoms with Gasteiger partial charge in [-0.05, 0) is 12.8 Å². The first-order valence-electron chi connectivity index (χ1n) is 3.98. The van der Waals surface area contributed by atoms with Gasteiger partial charge < -0.3 is 10.6 Å². The lowest BCUT2D eigenvalue weighted by Gasteiger charge is -2.29. The molecule has 1 rings (SSSR count). The molecule has 0 atom stereocenters. The summed E-state index contributed by atoms with van der Waals surface area (Å²) in [7, 11) is 1.03. The van der Waals surface area contributed by atoms with Crippen molar-refractivity contribution in [1.29, 1.82) is 0 Å². The molecule has 0 unspecified atom stereocenters. The summed E-state index contributed by atoms with van der Waals surface area (Å²) in [5, 5.41) is 0. The smallest absolute Gasteiger partial charge is 0.314 e. The highest BCUT2D eigenvalue weighted by molar-refractivity contribution is 7.85. The quantitative estimate of drug-likeness (QED) is 0.628. The third kappa shape index (κ3) is 2.20. The molecule has 0 aromatic carbocycles. The summed E-state index contributed by atoms with van der Waals surface area (Å²) in [5.41, 5.74) is 5.11. The van der Waals surface area contributed by atoms with Gasteiger partial charge >= 0.3 is 6.03 Å². The van der Waals surface area contributed by atoms with E-state index >= 15 is 0 Å². The van der Waals surface area contributed by atoms with Gasteiger partial charge in [-0.2, -0.15) is 0 Å². The molecule has 2 N–H and O–H groups in total. The first-order chi connectivity index (χ1) is 5.61. The lowest BCUT2D eigenvalue weighted by molar-refractivity contribution is 0.195. The number of carbonyl (C=O) groups excluding carboxylic acids is 1. The second-order valence-corrected chi connectivity index (χ2v) is 4.72. The second-order valence-electron chi connectivity index (χ2n) is 3.03. The molecule has 0 aromatic rings. The molecule has 4 nitrogen and oxygen atoms in total. The van der Waals surface area contributed by atoms with Crippen LogP contribution in [0.25, 0.3) is 0 Å². The van der Waals surface area contributed by atoms with Gasteiger partial charge in [0.15, 0.2) is 0 Å². The van der Waals surface area contributed by atoms with Crippen molar-refractivity contribution < 1.29 is 9.00 Å². The maximum Gasteiger partial charge on any atom is 0.314 e. The Kier molecular flexibility index (Phi) is 3.08. The third-order valence-corrected chi connectivity index (χ3v) is 3.63. The molecule has 5 heteroatoms. The average molecular weight is 190 g/mol. The number of amides is 2. The monoisotopic (exact) mass is 190 g/mol. The lowest BCUT2D eigenvalue weighted by atomic mass is 10.1. The highest BCUT2D eigenvalue weighted by Crippen LogP contribution is 2.14. The van der Waals surface area contributed by atoms with Crippen molar-refractivity contribution in [2.75, 3.05) is 18.6 Å². The van der Waals surface area contributed by atoms with E-state index in [1.165, 1.54) is 4.90 Å². The molecule has 0 spiro atoms. The molecular formula is C7H14N2O2S. The van der Waals surface area contributed by atoms with Crippen LogP contribution in [0, 0.1) is 0 Å². The van der Waals surface area contributed by atoms with Gasteiger partial charge in [0.05, 0.1) is 0 Å². The minimum Gasteiger partial charge on any atom is -0.351 e. The summed E-state index contributed by atoms with van der Waals surface area (Å²) >= 11 is 0. The highest BCUT2D eigenvalue weighted by Gasteiger charge is 2.22. The van der Waals surface area contributed by atoms with Crippen molar-refractivity contribution in [2.45, 2.75) is 18.9 Å². The van der Waals surface area contributed by atoms with Crippen LogP contribution in [0.2, 0.25) is 0 Å². The zero-order valence-electron chi connectivity index (χ0n) is 7.16. The van der Waals surface area contributed by atoms with Crippen LogP contribution in [0.15, 0.2) is 0 Å². The van der Waals surface area contributed by atoms with Crippen molar-refractivity contribution in [3.05, 3.63) is 0 Å². The van der Waals surface area contributed by atoms with E-state index in [0.717, 1.165) is 12.8 Å². The maximum atomic E-state index is 11.0. The molecule has 1 saturated heterocycles. The topological polar surface area (TPSA) is 63.4 Å². The summed E-state index contributed by atoms with van der Waals surface area (Å²) in [6.45, 7) is 0. The third-order valence-electron chi connectivity index (χ3n) is 2.25. The molecule has 0 saturated carbocycles. The highest BCUT2D eigenvalue weighted by atomic mass is 32.2. The van der Waals surface area contributed by atoms with Crippen LogP contribution >= 0.6 is 0 Å². The molecule has 1 fully saturated rings. The summed E-state index contributed by atoms with van der Waals surface area (Å²) in [5.74, 6) is 1.39. The Morgan fingerprint density at radius 3 is 2.42 bits per heavy atom. The van der Waals surface area contributed by atoms with Crippen molar-refractivity contribution in [3.8, 4) is 0 Å². The standard InChI is InChI=1S/C7H14N2O2S/c1-9(7(8)10)6-2-4-12(11)5-3-6/h6H,2-5H2,1H3,(H2,8,10). The van der Waals surface area contributed by atoms with Gasteiger partial charge in [-0.25, -0.2) is 4.79 Å². The van der Waals surface area contributed by atoms with Gasteiger partial charge in [0, 0.05) is 35.4 Å². The Morgan fingerprint density at radius 1 is 1.50 bits per heavy atom. The summed E-state index contributed by atoms with van der Waals surface area (Å²) in [4.78, 5) is 12.3. The maximum absolute atomic E-state index is 11.0. The Balaban J connectivity index is 2.44. The number of carbonyl (C=O) groups is 1. The van der Waals surface area contributed by atoms with Gasteiger partial charge in [0.25, 0.3) is 0 Å². The van der Waals surface area contributed by atoms with E-state index in [1.54, 1.807) is 7.05 Å². The molecule has 1 heterocycles. The molecule has 2 amide bonds. The minimum atomic E-state index is -0.669. The van der Waals surface area contributed by atoms with Gasteiger partial charge in [-0.1, -0.05) is 0 Å². The normalized spacial score (nSPS) is 29.8. The summed E-state index contributed by atoms with van der Waals surface area (Å²) in [6, 6.07) is -0.201. The van der Waals surface area contributed by atoms with E-state index in [-0.39, 0.29) is 6.04 Å². The molecule has 0 bridgehead atoms. The number of hydrogen-bond donors (Lipinski definition) is 1. The summed E-state index contributed by atoms with van der Waals surface area (Å²) < 4.78 is 11.0. The van der Waals surface area contributed by atoms with E-state index in [9.17, 15) is 9.00 Å². The molecule has 12 heavy (non-hydrogen) atoms. The van der Waals surface area contributed by atoms with E-state index in [0.29, 0.717) is 11.5 Å². The molecule has 0 radical (unpaired) electrons. The largest absolute Gasteiger partial charge is 0.351 e. The van der Waals surface area contributed by atoms with E-state index in [1.807, 2.05) is 0 Å². The predicted molar refractivity (Wildman–Crippen MR) is 48.2 cm³/mol. The Labute approximate surface area is 74.6 Å². The Bertz CT molecular complexity index is 198. The zero-order valence-corrected chi connectivity index (χ0v) is 7.97. The number of nitrogens with two attached hydrogens (primary N) is 1. The van der Waals surface area contributed by atoms with Gasteiger partial charge in [-0.15, -0.1) is 0 Å². The number of nitrogens with zero attached hydrogens (tertiary/aromatic N) is 1. The van der Waals surface area contributed by atoms with Crippen LogP contribution in [0.3, 0.4) is 0 Å². The molecule has 1 aliphatic heterocycles. The Hall–Kier alpha value is -0.580. The van der Waals surface area contributed by atoms with Gasteiger partial charge in [0.2, 0.25) is 0 Å². The minimum absolute atomic E-state index is 0.195. The number of hydrogen-bond acceptors (Lipinski definition) is 2. The zero-order chi connectivity index (χ0) is 9.14. The first kappa shape index (κ1) is 9.51. The van der Waals surface area contributed by atoms with Crippen molar-refractivity contribution in [2.24, 2.45) is 5.73 Å². The average Bonchev–Trinajstić information content (AvgIpc) is 2.04. The number of urea groups is 1. The molecule has 1 aliphatic rings. The fourth-order valence-electron chi connectivity index (χ4n) is 1.35. The van der Waals surface area contributed by atoms with Crippen LogP contribution in [-0.2, 0) is 10.8 Å². The van der Waals surface area contributed by atoms with Gasteiger partial charge in [-0.3, -0.25) is 4.21 Å². The Morgan fingerprint density at radius 2 is 2.00 bits per heavy atom. The van der Waals surface area contributed by atoms with E-state index in [4.69, 9.17) is 5.73 Å². The van der Waals surface area contributed by atoms with Crippen LogP contribution in [0.5, 0.6) is 0 Å². The molecular weight excluding hydrogens is 176 g/mol. The lowest BCUT2D eigenvalue weighted by Crippen LogP contribution is -2.43. The van der Waals surface area contributed by atoms with Gasteiger partial charge in [0.1, 0.15) is 0 Å². The second kappa shape index (κ2) is 3.89. The van der Waals surface area contributed by atoms with E-state index in [2.05, 4.69) is 0 Å². The van der Waals surface area contributed by atoms with Crippen molar-refractivity contribution in [3.63, 3.8) is 0 Å². The van der Waals surface area contributed by atoms with Crippen LogP contribution < -0.4 is 5.73 Å². The fraction of sp³-hybridized carbons (Fsp3) is 0.857. The van der Waals surface area contributed by atoms with Crippen LogP contribution in [0.1, 0.15) is 12.8 Å². The number of rotatable bonds is 1. The predicted octanol–water partition coefficient (Wildman–Crippen LogP) is -0.0920. The van der Waals surface area contributed by atoms with Crippen LogP contribution in [0.4, 0.5) is 4.79 Å². The van der Waals surface area contributed by atoms with Crippen LogP contribution in [-0.4, -0.2) is 39.7 Å². The number of primary amides is 1. The van der Waals surface area contributed by atoms with Crippen molar-refractivity contribution >= 4 is 16.8 Å². The molecule has 0 aliphatic carbocycles. The van der Waals surface area contributed by atoms with E-state index < -0.39 is 16.8 Å².